The molecule has 0 radical (unpaired) electrons. The lowest BCUT2D eigenvalue weighted by Gasteiger charge is -2.32. The molecule has 0 bridgehead atoms. The van der Waals surface area contributed by atoms with Gasteiger partial charge in [-0.15, -0.1) is 0 Å². The molecule has 0 spiro atoms. The SMILES string of the molecule is COc1ccccc1-c1[nH]nc2ncc(-c3ccc(NC(=O)CBr)c(C(=O)N(C)C)c3)cc12.COc1ccccc1-c1nn(COCC[Si](C)(C)C)c2ncc(-c3ccc(N)c(C(=O)N(C)C)c3)cc12.COc1ccccc1-c1nn(COCC[Si](C)(C)C)c2ncc(-c3ccc(NC(=O)CBr)c(C(=O)N(C)C)c3)cc12.COc1ccccc1-c1nn(COCC[Si](C)(C)C)c2ncc(B3OC(C)(C)C(C)(C)O3)cc12. The molecule has 145 heavy (non-hydrogen) atoms. The maximum Gasteiger partial charge on any atom is 0.496 e. The minimum atomic E-state index is -1.23. The molecule has 32 nitrogen and oxygen atoms in total. The Morgan fingerprint density at radius 2 is 0.738 bits per heavy atom. The van der Waals surface area contributed by atoms with Crippen LogP contribution >= 0.6 is 31.9 Å². The van der Waals surface area contributed by atoms with Crippen LogP contribution in [-0.2, 0) is 53.3 Å². The number of benzene rings is 7. The number of halogens is 2. The highest BCUT2D eigenvalue weighted by Crippen LogP contribution is 2.43. The number of rotatable bonds is 34. The van der Waals surface area contributed by atoms with Crippen LogP contribution in [0.5, 0.6) is 23.0 Å². The Morgan fingerprint density at radius 1 is 0.414 bits per heavy atom. The fourth-order valence-electron chi connectivity index (χ4n) is 15.7. The van der Waals surface area contributed by atoms with Gasteiger partial charge in [0, 0.05) is 183 Å². The Labute approximate surface area is 866 Å². The van der Waals surface area contributed by atoms with Crippen LogP contribution in [0.2, 0.25) is 77.1 Å². The highest BCUT2D eigenvalue weighted by molar-refractivity contribution is 9.09. The second-order valence-corrected chi connectivity index (χ2v) is 58.3. The first kappa shape index (κ1) is 109. The third-order valence-electron chi connectivity index (χ3n) is 24.6. The highest BCUT2D eigenvalue weighted by Gasteiger charge is 2.52. The van der Waals surface area contributed by atoms with Crippen molar-refractivity contribution in [1.82, 2.24) is 74.2 Å². The number of fused-ring (bicyclic) bond motifs is 4. The summed E-state index contributed by atoms with van der Waals surface area (Å²) < 4.78 is 58.4. The first-order valence-electron chi connectivity index (χ1n) is 47.6. The molecular weight excluding hydrogens is 2020 g/mol. The van der Waals surface area contributed by atoms with Gasteiger partial charge in [0.2, 0.25) is 11.8 Å². The first-order chi connectivity index (χ1) is 68.9. The van der Waals surface area contributed by atoms with E-state index in [-0.39, 0.29) is 46.9 Å². The number of methoxy groups -OCH3 is 4. The molecule has 760 valence electrons. The van der Waals surface area contributed by atoms with E-state index in [9.17, 15) is 24.0 Å². The Hall–Kier alpha value is -13.2. The lowest BCUT2D eigenvalue weighted by atomic mass is 9.80. The molecule has 8 aromatic heterocycles. The molecule has 7 aromatic carbocycles. The molecule has 0 saturated carbocycles. The number of H-pyrrole nitrogens is 1. The number of hydrogen-bond donors (Lipinski definition) is 4. The van der Waals surface area contributed by atoms with E-state index >= 15 is 0 Å². The number of nitrogen functional groups attached to an aromatic ring is 1. The van der Waals surface area contributed by atoms with Gasteiger partial charge in [0.25, 0.3) is 17.7 Å². The molecule has 1 fully saturated rings. The van der Waals surface area contributed by atoms with Crippen molar-refractivity contribution in [1.29, 1.82) is 0 Å². The topological polar surface area (TPSA) is 362 Å². The number of carbonyl (C=O) groups excluding carboxylic acids is 5. The molecule has 16 rings (SSSR count). The second kappa shape index (κ2) is 47.4. The fourth-order valence-corrected chi connectivity index (χ4v) is 18.3. The number of nitrogens with one attached hydrogen (secondary N) is 3. The van der Waals surface area contributed by atoms with Crippen molar-refractivity contribution in [3.8, 4) is 101 Å². The molecule has 38 heteroatoms. The summed E-state index contributed by atoms with van der Waals surface area (Å²) in [5.41, 5.74) is 22.9. The molecule has 0 unspecified atom stereocenters. The van der Waals surface area contributed by atoms with Gasteiger partial charge in [-0.05, 0) is 172 Å². The van der Waals surface area contributed by atoms with Gasteiger partial charge >= 0.3 is 7.12 Å². The minimum absolute atomic E-state index is 0.127. The molecule has 1 aliphatic rings. The zero-order valence-electron chi connectivity index (χ0n) is 86.7. The van der Waals surface area contributed by atoms with Crippen molar-refractivity contribution in [2.75, 3.05) is 118 Å². The standard InChI is InChI=1S/C30H36BrN5O4Si.C28H35N5O3Si.C25H36BN3O4Si.C24H22BrN5O3/c1-35(2)30(38)23-15-20(11-12-25(23)33-27(37)17-31)21-16-24-28(22-9-7-8-10-26(22)39-3)34-36(29(24)32-18-21)19-40-13-14-41(4,5)6;1-32(2)28(34)22-15-19(11-12-24(22)29)20-16-23-26(21-9-7-8-10-25(21)35-3)31-33(27(23)30-17-20)18-36-13-14-37(4,5)6;1-24(2)25(3,4)33-26(32-24)18-15-20-22(19-11-9-10-12-21(19)30-5)28-29(23(20)27-16-18)17-31-13-14-34(6,7)8;1-30(2)24(32)17-10-14(8-9-19(17)27-21(31)12-25)15-11-18-22(28-29-23(18)26-13-15)16-6-4-5-7-20(16)33-3/h7-12,15-16,18H,13-14,17,19H2,1-6H3,(H,33,37);7-12,15-17H,13-14,18,29H2,1-6H3;9-12,15-16H,13-14,17H2,1-8H3;4-11,13H,12H2,1-3H3,(H,27,31)(H,26,28,29). The minimum Gasteiger partial charge on any atom is -0.496 e. The van der Waals surface area contributed by atoms with E-state index < -0.39 is 42.5 Å². The third-order valence-corrected chi connectivity index (χ3v) is 30.7. The molecule has 1 saturated heterocycles. The quantitative estimate of drug-likeness (QED) is 0.0126. The van der Waals surface area contributed by atoms with Crippen molar-refractivity contribution in [3.05, 3.63) is 217 Å². The van der Waals surface area contributed by atoms with Crippen molar-refractivity contribution in [2.45, 2.75) is 136 Å². The molecule has 5 N–H and O–H groups in total. The zero-order chi connectivity index (χ0) is 105. The van der Waals surface area contributed by atoms with Gasteiger partial charge in [-0.3, -0.25) is 29.1 Å². The summed E-state index contributed by atoms with van der Waals surface area (Å²) >= 11 is 6.30. The fraction of sp³-hybridized carbons (Fsp3) is 0.336. The lowest BCUT2D eigenvalue weighted by molar-refractivity contribution is -0.114. The van der Waals surface area contributed by atoms with Crippen LogP contribution in [0.25, 0.3) is 123 Å². The van der Waals surface area contributed by atoms with Crippen LogP contribution in [0.1, 0.15) is 58.8 Å². The van der Waals surface area contributed by atoms with Crippen molar-refractivity contribution < 1.29 is 66.4 Å². The molecule has 0 atom stereocenters. The molecule has 5 amide bonds. The van der Waals surface area contributed by atoms with Gasteiger partial charge in [0.05, 0.1) is 84.1 Å². The summed E-state index contributed by atoms with van der Waals surface area (Å²) in [4.78, 5) is 85.8. The number of amides is 5. The van der Waals surface area contributed by atoms with Gasteiger partial charge in [-0.2, -0.15) is 20.4 Å². The van der Waals surface area contributed by atoms with Gasteiger partial charge in [-0.25, -0.2) is 34.0 Å². The number of nitrogens with two attached hydrogens (primary N) is 1. The van der Waals surface area contributed by atoms with E-state index in [0.29, 0.717) is 84.1 Å². The Kier molecular flexibility index (Phi) is 35.6. The molecule has 9 heterocycles. The van der Waals surface area contributed by atoms with Gasteiger partial charge < -0.3 is 73.5 Å². The second-order valence-electron chi connectivity index (χ2n) is 40.3. The van der Waals surface area contributed by atoms with Gasteiger partial charge in [0.1, 0.15) is 60.3 Å². The molecule has 15 aromatic rings. The summed E-state index contributed by atoms with van der Waals surface area (Å²) in [5.74, 6) is 1.85. The Balaban J connectivity index is 0.000000162. The summed E-state index contributed by atoms with van der Waals surface area (Å²) in [6, 6.07) is 58.7. The van der Waals surface area contributed by atoms with Crippen LogP contribution < -0.4 is 40.8 Å². The number of aromatic amines is 1. The summed E-state index contributed by atoms with van der Waals surface area (Å²) in [6.07, 6.45) is 7.09. The predicted octanol–water partition coefficient (Wildman–Crippen LogP) is 20.5. The number of aromatic nitrogens is 12. The first-order valence-corrected chi connectivity index (χ1v) is 60.9. The highest BCUT2D eigenvalue weighted by atomic mass is 79.9. The predicted molar refractivity (Wildman–Crippen MR) is 592 cm³/mol. The van der Waals surface area contributed by atoms with Crippen molar-refractivity contribution in [3.63, 3.8) is 0 Å². The zero-order valence-corrected chi connectivity index (χ0v) is 92.9. The van der Waals surface area contributed by atoms with Crippen molar-refractivity contribution in [2.24, 2.45) is 0 Å². The monoisotopic (exact) mass is 2140 g/mol. The van der Waals surface area contributed by atoms with Crippen LogP contribution in [0.15, 0.2) is 201 Å². The van der Waals surface area contributed by atoms with E-state index in [1.165, 1.54) is 14.7 Å². The van der Waals surface area contributed by atoms with Crippen molar-refractivity contribution >= 4 is 159 Å². The molecular formula is C107H129BBr2N18O14Si3. The molecule has 1 aliphatic heterocycles. The normalized spacial score (nSPS) is 12.8. The third kappa shape index (κ3) is 26.6. The van der Waals surface area contributed by atoms with Crippen LogP contribution in [0, 0.1) is 0 Å². The Bertz CT molecular complexity index is 7180. The lowest BCUT2D eigenvalue weighted by Crippen LogP contribution is -2.41. The average Bonchev–Trinajstić information content (AvgIpc) is 1.55. The van der Waals surface area contributed by atoms with Gasteiger partial charge in [0.15, 0.2) is 22.6 Å². The average molecular weight is 2150 g/mol. The van der Waals surface area contributed by atoms with E-state index in [4.69, 9.17) is 78.4 Å². The van der Waals surface area contributed by atoms with Crippen LogP contribution in [-0.4, -0.2) is 247 Å². The van der Waals surface area contributed by atoms with E-state index in [0.717, 1.165) is 152 Å². The number of anilines is 3. The smallest absolute Gasteiger partial charge is 0.496 e. The largest absolute Gasteiger partial charge is 0.496 e. The van der Waals surface area contributed by atoms with E-state index in [1.54, 1.807) is 129 Å². The Morgan fingerprint density at radius 3 is 1.10 bits per heavy atom. The summed E-state index contributed by atoms with van der Waals surface area (Å²) in [5, 5.41) is 31.4. The van der Waals surface area contributed by atoms with Crippen LogP contribution in [0.4, 0.5) is 17.1 Å². The number of para-hydroxylation sites is 4. The maximum absolute atomic E-state index is 13.0. The number of carbonyl (C=O) groups is 5. The number of alkyl halides is 2. The number of nitrogens with zero attached hydrogens (tertiary/aromatic N) is 14. The molecule has 0 aliphatic carbocycles. The number of pyridine rings is 4. The number of ether oxygens (including phenoxy) is 7. The number of hydrogen-bond acceptors (Lipinski definition) is 23. The summed E-state index contributed by atoms with van der Waals surface area (Å²) in [6.45, 7) is 32.2. The van der Waals surface area contributed by atoms with Gasteiger partial charge in [-0.1, -0.05) is 158 Å². The van der Waals surface area contributed by atoms with Crippen LogP contribution in [0.3, 0.4) is 0 Å². The maximum atomic E-state index is 13.0. The van der Waals surface area contributed by atoms with E-state index in [1.807, 2.05) is 150 Å². The summed E-state index contributed by atoms with van der Waals surface area (Å²) in [7, 11) is 12.6. The van der Waals surface area contributed by atoms with E-state index in [2.05, 4.69) is 150 Å².